The molecular formula is C23H24FN3O. The van der Waals surface area contributed by atoms with E-state index in [4.69, 9.17) is 0 Å². The van der Waals surface area contributed by atoms with Crippen LogP contribution < -0.4 is 5.32 Å². The fourth-order valence-electron chi connectivity index (χ4n) is 3.81. The summed E-state index contributed by atoms with van der Waals surface area (Å²) >= 11 is 0. The maximum atomic E-state index is 13.4. The molecule has 4 nitrogen and oxygen atoms in total. The zero-order valence-electron chi connectivity index (χ0n) is 15.8. The second kappa shape index (κ2) is 8.59. The molecule has 1 atom stereocenters. The summed E-state index contributed by atoms with van der Waals surface area (Å²) in [6.07, 6.45) is 3.96. The van der Waals surface area contributed by atoms with Crippen LogP contribution >= 0.6 is 0 Å². The molecule has 1 aromatic heterocycles. The van der Waals surface area contributed by atoms with E-state index >= 15 is 0 Å². The first kappa shape index (κ1) is 18.7. The number of carbonyl (C=O) groups excluding carboxylic acids is 1. The predicted molar refractivity (Wildman–Crippen MR) is 109 cm³/mol. The number of hydrogen-bond acceptors (Lipinski definition) is 4. The van der Waals surface area contributed by atoms with Crippen LogP contribution in [0, 0.1) is 5.82 Å². The lowest BCUT2D eigenvalue weighted by molar-refractivity contribution is -0.120. The van der Waals surface area contributed by atoms with Gasteiger partial charge in [0.2, 0.25) is 0 Å². The number of Topliss-reactive ketones (excluding diaryl/α,β-unsaturated/α-hetero) is 1. The molecule has 2 heterocycles. The largest absolute Gasteiger partial charge is 0.314 e. The van der Waals surface area contributed by atoms with E-state index in [1.165, 1.54) is 12.1 Å². The van der Waals surface area contributed by atoms with Crippen LogP contribution in [-0.2, 0) is 11.2 Å². The molecule has 5 heteroatoms. The van der Waals surface area contributed by atoms with E-state index in [1.54, 1.807) is 18.3 Å². The van der Waals surface area contributed by atoms with Gasteiger partial charge in [0.05, 0.1) is 5.92 Å². The number of halogens is 1. The number of carbonyl (C=O) groups is 1. The van der Waals surface area contributed by atoms with E-state index in [-0.39, 0.29) is 17.5 Å². The van der Waals surface area contributed by atoms with Gasteiger partial charge in [0.15, 0.2) is 0 Å². The van der Waals surface area contributed by atoms with E-state index in [0.29, 0.717) is 13.0 Å². The number of aromatic nitrogens is 1. The Bertz CT molecular complexity index is 951. The molecule has 4 rings (SSSR count). The van der Waals surface area contributed by atoms with Crippen LogP contribution in [0.3, 0.4) is 0 Å². The molecule has 0 spiro atoms. The maximum Gasteiger partial charge on any atom is 0.145 e. The van der Waals surface area contributed by atoms with Crippen molar-refractivity contribution in [3.63, 3.8) is 0 Å². The van der Waals surface area contributed by atoms with Gasteiger partial charge in [-0.3, -0.25) is 14.7 Å². The zero-order valence-corrected chi connectivity index (χ0v) is 15.8. The Kier molecular flexibility index (Phi) is 5.74. The van der Waals surface area contributed by atoms with Crippen molar-refractivity contribution in [2.75, 3.05) is 32.7 Å². The lowest BCUT2D eigenvalue weighted by atomic mass is 9.90. The topological polar surface area (TPSA) is 45.2 Å². The third-order valence-electron chi connectivity index (χ3n) is 5.39. The third-order valence-corrected chi connectivity index (χ3v) is 5.39. The Morgan fingerprint density at radius 2 is 1.86 bits per heavy atom. The number of hydrogen-bond donors (Lipinski definition) is 1. The molecule has 1 aliphatic heterocycles. The van der Waals surface area contributed by atoms with Crippen molar-refractivity contribution in [1.29, 1.82) is 0 Å². The zero-order chi connectivity index (χ0) is 19.3. The summed E-state index contributed by atoms with van der Waals surface area (Å²) in [6.45, 7) is 4.39. The van der Waals surface area contributed by atoms with E-state index in [2.05, 4.69) is 21.3 Å². The van der Waals surface area contributed by atoms with E-state index in [1.807, 2.05) is 24.4 Å². The van der Waals surface area contributed by atoms with Gasteiger partial charge in [-0.15, -0.1) is 0 Å². The molecule has 1 fully saturated rings. The molecule has 0 bridgehead atoms. The van der Waals surface area contributed by atoms with Crippen LogP contribution in [0.5, 0.6) is 0 Å². The minimum atomic E-state index is -0.278. The summed E-state index contributed by atoms with van der Waals surface area (Å²) in [6, 6.07) is 14.4. The van der Waals surface area contributed by atoms with Crippen LogP contribution in [0.2, 0.25) is 0 Å². The van der Waals surface area contributed by atoms with Crippen LogP contribution in [0.25, 0.3) is 10.8 Å². The smallest absolute Gasteiger partial charge is 0.145 e. The molecule has 1 unspecified atom stereocenters. The van der Waals surface area contributed by atoms with Gasteiger partial charge in [-0.1, -0.05) is 30.3 Å². The minimum absolute atomic E-state index is 0.165. The summed E-state index contributed by atoms with van der Waals surface area (Å²) in [5.41, 5.74) is 1.88. The number of rotatable bonds is 6. The van der Waals surface area contributed by atoms with Crippen molar-refractivity contribution in [3.05, 3.63) is 77.9 Å². The van der Waals surface area contributed by atoms with E-state index in [9.17, 15) is 9.18 Å². The molecule has 144 valence electrons. The monoisotopic (exact) mass is 377 g/mol. The molecule has 0 amide bonds. The number of fused-ring (bicyclic) bond motifs is 1. The Labute approximate surface area is 164 Å². The van der Waals surface area contributed by atoms with Gasteiger partial charge < -0.3 is 5.32 Å². The van der Waals surface area contributed by atoms with Gasteiger partial charge in [-0.05, 0) is 34.7 Å². The molecular weight excluding hydrogens is 353 g/mol. The highest BCUT2D eigenvalue weighted by Crippen LogP contribution is 2.23. The van der Waals surface area contributed by atoms with Gasteiger partial charge in [0.1, 0.15) is 11.6 Å². The summed E-state index contributed by atoms with van der Waals surface area (Å²) in [7, 11) is 0. The van der Waals surface area contributed by atoms with E-state index in [0.717, 1.165) is 48.1 Å². The Hall–Kier alpha value is -2.63. The van der Waals surface area contributed by atoms with Crippen molar-refractivity contribution >= 4 is 16.6 Å². The SMILES string of the molecule is O=C(Cc1ccc2cnccc2c1)C(CN1CCNCC1)c1ccc(F)cc1. The van der Waals surface area contributed by atoms with E-state index < -0.39 is 0 Å². The molecule has 1 aliphatic rings. The van der Waals surface area contributed by atoms with Crippen molar-refractivity contribution in [2.45, 2.75) is 12.3 Å². The summed E-state index contributed by atoms with van der Waals surface area (Å²) in [5, 5.41) is 5.49. The number of benzene rings is 2. The summed E-state index contributed by atoms with van der Waals surface area (Å²) < 4.78 is 13.4. The first-order chi connectivity index (χ1) is 13.7. The number of piperazine rings is 1. The maximum absolute atomic E-state index is 13.4. The predicted octanol–water partition coefficient (Wildman–Crippen LogP) is 3.17. The van der Waals surface area contributed by atoms with Crippen molar-refractivity contribution in [2.24, 2.45) is 0 Å². The van der Waals surface area contributed by atoms with Crippen molar-refractivity contribution in [1.82, 2.24) is 15.2 Å². The Morgan fingerprint density at radius 1 is 1.07 bits per heavy atom. The van der Waals surface area contributed by atoms with Crippen molar-refractivity contribution in [3.8, 4) is 0 Å². The van der Waals surface area contributed by atoms with Crippen LogP contribution in [0.4, 0.5) is 4.39 Å². The molecule has 1 saturated heterocycles. The molecule has 1 N–H and O–H groups in total. The second-order valence-electron chi connectivity index (χ2n) is 7.36. The van der Waals surface area contributed by atoms with Gasteiger partial charge in [-0.25, -0.2) is 4.39 Å². The molecule has 2 aromatic carbocycles. The molecule has 3 aromatic rings. The number of pyridine rings is 1. The van der Waals surface area contributed by atoms with Crippen molar-refractivity contribution < 1.29 is 9.18 Å². The third kappa shape index (κ3) is 4.43. The highest BCUT2D eigenvalue weighted by atomic mass is 19.1. The second-order valence-corrected chi connectivity index (χ2v) is 7.36. The summed E-state index contributed by atoms with van der Waals surface area (Å²) in [4.78, 5) is 19.7. The fraction of sp³-hybridized carbons (Fsp3) is 0.304. The van der Waals surface area contributed by atoms with Gasteiger partial charge in [-0.2, -0.15) is 0 Å². The average molecular weight is 377 g/mol. The Morgan fingerprint density at radius 3 is 2.64 bits per heavy atom. The van der Waals surface area contributed by atoms with Crippen LogP contribution in [0.15, 0.2) is 60.9 Å². The standard InChI is InChI=1S/C23H24FN3O/c24-21-5-3-18(4-6-21)22(16-27-11-9-25-10-12-27)23(28)14-17-1-2-20-15-26-8-7-19(20)13-17/h1-8,13,15,22,25H,9-12,14,16H2. The molecule has 0 radical (unpaired) electrons. The highest BCUT2D eigenvalue weighted by molar-refractivity contribution is 5.89. The fourth-order valence-corrected chi connectivity index (χ4v) is 3.81. The van der Waals surface area contributed by atoms with Crippen LogP contribution in [0.1, 0.15) is 17.0 Å². The molecule has 0 aliphatic carbocycles. The van der Waals surface area contributed by atoms with Gasteiger partial charge in [0, 0.05) is 56.9 Å². The average Bonchev–Trinajstić information content (AvgIpc) is 2.73. The minimum Gasteiger partial charge on any atom is -0.314 e. The number of nitrogens with zero attached hydrogens (tertiary/aromatic N) is 2. The number of nitrogens with one attached hydrogen (secondary N) is 1. The first-order valence-corrected chi connectivity index (χ1v) is 9.73. The number of ketones is 1. The van der Waals surface area contributed by atoms with Gasteiger partial charge in [0.25, 0.3) is 0 Å². The Balaban J connectivity index is 1.56. The highest BCUT2D eigenvalue weighted by Gasteiger charge is 2.24. The first-order valence-electron chi connectivity index (χ1n) is 9.73. The molecule has 28 heavy (non-hydrogen) atoms. The lowest BCUT2D eigenvalue weighted by Gasteiger charge is -2.30. The molecule has 0 saturated carbocycles. The lowest BCUT2D eigenvalue weighted by Crippen LogP contribution is -2.45. The quantitative estimate of drug-likeness (QED) is 0.717. The summed E-state index contributed by atoms with van der Waals surface area (Å²) in [5.74, 6) is -0.370. The normalized spacial score (nSPS) is 16.2. The van der Waals surface area contributed by atoms with Gasteiger partial charge >= 0.3 is 0 Å². The van der Waals surface area contributed by atoms with Crippen LogP contribution in [-0.4, -0.2) is 48.4 Å².